The smallest absolute Gasteiger partial charge is 0.243 e. The van der Waals surface area contributed by atoms with Gasteiger partial charge < -0.3 is 5.11 Å². The molecule has 5 heteroatoms. The third-order valence-corrected chi connectivity index (χ3v) is 6.51. The summed E-state index contributed by atoms with van der Waals surface area (Å²) in [5, 5.41) is 10.3. The fourth-order valence-corrected chi connectivity index (χ4v) is 5.22. The predicted molar refractivity (Wildman–Crippen MR) is 87.3 cm³/mol. The molecular formula is C18H17NO3S. The van der Waals surface area contributed by atoms with Gasteiger partial charge in [0.25, 0.3) is 0 Å². The summed E-state index contributed by atoms with van der Waals surface area (Å²) in [5.41, 5.74) is 2.09. The van der Waals surface area contributed by atoms with Crippen LogP contribution in [0.5, 0.6) is 0 Å². The molecule has 23 heavy (non-hydrogen) atoms. The Morgan fingerprint density at radius 2 is 1.65 bits per heavy atom. The second-order valence-corrected chi connectivity index (χ2v) is 7.84. The number of nitrogens with zero attached hydrogens (tertiary/aromatic N) is 1. The van der Waals surface area contributed by atoms with Crippen molar-refractivity contribution in [3.05, 3.63) is 77.9 Å². The van der Waals surface area contributed by atoms with E-state index in [2.05, 4.69) is 0 Å². The monoisotopic (exact) mass is 327 g/mol. The van der Waals surface area contributed by atoms with Crippen molar-refractivity contribution in [2.24, 2.45) is 0 Å². The standard InChI is InChI=1S/C18H17NO3S/c20-17-11-10-16-15-9-5-4-6-13(15)12-19(18(16)17)23(21,22)14-7-2-1-3-8-14/h1-11,16-18,20H,12H2/t16-,17-,18+/m0/s1. The zero-order chi connectivity index (χ0) is 16.0. The van der Waals surface area contributed by atoms with E-state index in [9.17, 15) is 13.5 Å². The average molecular weight is 327 g/mol. The number of benzene rings is 2. The summed E-state index contributed by atoms with van der Waals surface area (Å²) in [7, 11) is -3.66. The summed E-state index contributed by atoms with van der Waals surface area (Å²) in [6.07, 6.45) is 2.83. The molecule has 0 saturated heterocycles. The third-order valence-electron chi connectivity index (χ3n) is 4.66. The van der Waals surface area contributed by atoms with Gasteiger partial charge in [0.1, 0.15) is 0 Å². The van der Waals surface area contributed by atoms with Crippen LogP contribution in [-0.2, 0) is 16.6 Å². The Labute approximate surface area is 135 Å². The van der Waals surface area contributed by atoms with E-state index in [0.29, 0.717) is 0 Å². The number of aliphatic hydroxyl groups is 1. The lowest BCUT2D eigenvalue weighted by molar-refractivity contribution is 0.120. The molecule has 2 aromatic rings. The predicted octanol–water partition coefficient (Wildman–Crippen LogP) is 2.27. The molecule has 2 aromatic carbocycles. The van der Waals surface area contributed by atoms with E-state index < -0.39 is 22.2 Å². The van der Waals surface area contributed by atoms with Gasteiger partial charge in [-0.05, 0) is 23.3 Å². The quantitative estimate of drug-likeness (QED) is 0.861. The van der Waals surface area contributed by atoms with Gasteiger partial charge in [0.15, 0.2) is 0 Å². The van der Waals surface area contributed by atoms with Gasteiger partial charge >= 0.3 is 0 Å². The normalized spacial score (nSPS) is 26.7. The van der Waals surface area contributed by atoms with E-state index in [4.69, 9.17) is 0 Å². The van der Waals surface area contributed by atoms with Gasteiger partial charge in [0.2, 0.25) is 10.0 Å². The molecule has 0 aromatic heterocycles. The Balaban J connectivity index is 1.84. The van der Waals surface area contributed by atoms with Crippen molar-refractivity contribution in [3.8, 4) is 0 Å². The van der Waals surface area contributed by atoms with E-state index in [1.807, 2.05) is 30.3 Å². The van der Waals surface area contributed by atoms with Crippen LogP contribution in [0.15, 0.2) is 71.6 Å². The van der Waals surface area contributed by atoms with E-state index in [-0.39, 0.29) is 17.4 Å². The molecule has 0 spiro atoms. The van der Waals surface area contributed by atoms with Crippen LogP contribution in [0.3, 0.4) is 0 Å². The molecule has 2 aliphatic rings. The van der Waals surface area contributed by atoms with Crippen molar-refractivity contribution in [2.45, 2.75) is 29.5 Å². The summed E-state index contributed by atoms with van der Waals surface area (Å²) in [4.78, 5) is 0.261. The molecule has 0 unspecified atom stereocenters. The third kappa shape index (κ3) is 2.24. The second-order valence-electron chi connectivity index (χ2n) is 5.95. The molecule has 1 N–H and O–H groups in total. The molecule has 0 fully saturated rings. The summed E-state index contributed by atoms with van der Waals surface area (Å²) in [6, 6.07) is 15.8. The van der Waals surface area contributed by atoms with Crippen molar-refractivity contribution >= 4 is 10.0 Å². The summed E-state index contributed by atoms with van der Waals surface area (Å²) < 4.78 is 27.6. The second kappa shape index (κ2) is 5.30. The van der Waals surface area contributed by atoms with Crippen LogP contribution in [0, 0.1) is 0 Å². The van der Waals surface area contributed by atoms with Crippen molar-refractivity contribution in [2.75, 3.05) is 0 Å². The maximum Gasteiger partial charge on any atom is 0.243 e. The molecule has 4 nitrogen and oxygen atoms in total. The van der Waals surface area contributed by atoms with Crippen LogP contribution >= 0.6 is 0 Å². The first-order valence-corrected chi connectivity index (χ1v) is 9.04. The van der Waals surface area contributed by atoms with E-state index >= 15 is 0 Å². The highest BCUT2D eigenvalue weighted by Crippen LogP contribution is 2.42. The minimum Gasteiger partial charge on any atom is -0.387 e. The average Bonchev–Trinajstić information content (AvgIpc) is 2.97. The zero-order valence-corrected chi connectivity index (χ0v) is 13.2. The summed E-state index contributed by atoms with van der Waals surface area (Å²) in [5.74, 6) is -0.103. The molecule has 1 aliphatic carbocycles. The van der Waals surface area contributed by atoms with Crippen molar-refractivity contribution < 1.29 is 13.5 Å². The Kier molecular flexibility index (Phi) is 3.37. The Bertz CT molecular complexity index is 861. The minimum atomic E-state index is -3.66. The van der Waals surface area contributed by atoms with Gasteiger partial charge in [0.05, 0.1) is 17.0 Å². The van der Waals surface area contributed by atoms with Gasteiger partial charge in [-0.3, -0.25) is 0 Å². The maximum atomic E-state index is 13.1. The number of sulfonamides is 1. The van der Waals surface area contributed by atoms with Crippen molar-refractivity contribution in [3.63, 3.8) is 0 Å². The van der Waals surface area contributed by atoms with Crippen molar-refractivity contribution in [1.29, 1.82) is 0 Å². The van der Waals surface area contributed by atoms with E-state index in [0.717, 1.165) is 11.1 Å². The molecular weight excluding hydrogens is 310 g/mol. The van der Waals surface area contributed by atoms with Gasteiger partial charge in [-0.2, -0.15) is 4.31 Å². The molecule has 4 rings (SSSR count). The first-order valence-electron chi connectivity index (χ1n) is 7.60. The summed E-state index contributed by atoms with van der Waals surface area (Å²) in [6.45, 7) is 0.285. The molecule has 0 saturated carbocycles. The number of hydrogen-bond acceptors (Lipinski definition) is 3. The van der Waals surface area contributed by atoms with Crippen LogP contribution in [-0.4, -0.2) is 30.0 Å². The fourth-order valence-electron chi connectivity index (χ4n) is 3.56. The SMILES string of the molecule is O=S(=O)(c1ccccc1)N1Cc2ccccc2[C@@H]2C=C[C@H](O)[C@@H]21. The van der Waals surface area contributed by atoms with Gasteiger partial charge in [0, 0.05) is 12.5 Å². The topological polar surface area (TPSA) is 57.6 Å². The fraction of sp³-hybridized carbons (Fsp3) is 0.222. The van der Waals surface area contributed by atoms with E-state index in [1.54, 1.807) is 36.4 Å². The van der Waals surface area contributed by atoms with Crippen LogP contribution in [0.25, 0.3) is 0 Å². The number of hydrogen-bond donors (Lipinski definition) is 1. The Morgan fingerprint density at radius 3 is 2.43 bits per heavy atom. The highest BCUT2D eigenvalue weighted by atomic mass is 32.2. The van der Waals surface area contributed by atoms with Crippen LogP contribution in [0.1, 0.15) is 17.0 Å². The maximum absolute atomic E-state index is 13.1. The first-order chi connectivity index (χ1) is 11.1. The van der Waals surface area contributed by atoms with E-state index in [1.165, 1.54) is 4.31 Å². The molecule has 0 bridgehead atoms. The lowest BCUT2D eigenvalue weighted by atomic mass is 9.86. The van der Waals surface area contributed by atoms with Crippen LogP contribution in [0.2, 0.25) is 0 Å². The largest absolute Gasteiger partial charge is 0.387 e. The van der Waals surface area contributed by atoms with Crippen molar-refractivity contribution in [1.82, 2.24) is 4.31 Å². The van der Waals surface area contributed by atoms with Crippen LogP contribution < -0.4 is 0 Å². The molecule has 3 atom stereocenters. The molecule has 118 valence electrons. The van der Waals surface area contributed by atoms with Gasteiger partial charge in [-0.1, -0.05) is 54.6 Å². The highest BCUT2D eigenvalue weighted by molar-refractivity contribution is 7.89. The first kappa shape index (κ1) is 14.6. The number of rotatable bonds is 2. The Hall–Kier alpha value is -1.95. The van der Waals surface area contributed by atoms with Crippen LogP contribution in [0.4, 0.5) is 0 Å². The molecule has 1 heterocycles. The zero-order valence-electron chi connectivity index (χ0n) is 12.4. The lowest BCUT2D eigenvalue weighted by Gasteiger charge is -2.39. The lowest BCUT2D eigenvalue weighted by Crippen LogP contribution is -2.49. The number of aliphatic hydroxyl groups excluding tert-OH is 1. The Morgan fingerprint density at radius 1 is 0.957 bits per heavy atom. The molecule has 1 aliphatic heterocycles. The van der Waals surface area contributed by atoms with Gasteiger partial charge in [-0.25, -0.2) is 8.42 Å². The molecule has 0 amide bonds. The summed E-state index contributed by atoms with van der Waals surface area (Å²) >= 11 is 0. The van der Waals surface area contributed by atoms with Gasteiger partial charge in [-0.15, -0.1) is 0 Å². The molecule has 0 radical (unpaired) electrons. The highest BCUT2D eigenvalue weighted by Gasteiger charge is 2.45. The number of fused-ring (bicyclic) bond motifs is 3. The minimum absolute atomic E-state index is 0.103.